The van der Waals surface area contributed by atoms with Gasteiger partial charge in [-0.3, -0.25) is 85.8 Å². The number of phosphoric ester groups is 2. The third-order valence-electron chi connectivity index (χ3n) is 22.5. The number of amides is 13. The van der Waals surface area contributed by atoms with Gasteiger partial charge < -0.3 is 88.3 Å². The lowest BCUT2D eigenvalue weighted by Crippen LogP contribution is -2.63. The molecular formula is C74H101N12O27P2-. The van der Waals surface area contributed by atoms with E-state index in [9.17, 15) is 101 Å². The number of rotatable bonds is 37. The van der Waals surface area contributed by atoms with Gasteiger partial charge in [0.05, 0.1) is 83.4 Å². The molecule has 1 aromatic carbocycles. The number of carboxylic acids is 1. The molecule has 2 aliphatic heterocycles. The molecule has 5 fully saturated rings. The minimum absolute atomic E-state index is 0.0405. The number of carbonyl (C=O) groups is 16. The number of fused-ring (bicyclic) bond motifs is 7. The van der Waals surface area contributed by atoms with Crippen LogP contribution in [-0.2, 0) is 110 Å². The zero-order valence-corrected chi connectivity index (χ0v) is 68.1. The average molecular weight is 1650 g/mol. The summed E-state index contributed by atoms with van der Waals surface area (Å²) in [5.41, 5.74) is -2.78. The largest absolute Gasteiger partial charge is 0.756 e. The van der Waals surface area contributed by atoms with Crippen LogP contribution in [0.15, 0.2) is 66.3 Å². The average Bonchev–Trinajstić information content (AvgIpc) is 1.53. The number of phosphoric acid groups is 2. The van der Waals surface area contributed by atoms with E-state index >= 15 is 0 Å². The molecule has 0 spiro atoms. The number of likely N-dealkylation sites (N-methyl/N-ethyl adjacent to an activating group) is 10. The first-order chi connectivity index (χ1) is 53.7. The predicted octanol–water partition coefficient (Wildman–Crippen LogP) is -1.64. The number of ketones is 2. The number of nitrogens with zero attached hydrogens (tertiary/aromatic N) is 11. The summed E-state index contributed by atoms with van der Waals surface area (Å²) in [6.07, 6.45) is 11.6. The molecule has 8 rings (SSSR count). The van der Waals surface area contributed by atoms with Crippen LogP contribution in [0.5, 0.6) is 0 Å². The molecule has 2 heterocycles. The van der Waals surface area contributed by atoms with Crippen molar-refractivity contribution < 1.29 is 129 Å². The van der Waals surface area contributed by atoms with Crippen molar-refractivity contribution >= 4 is 116 Å². The molecule has 0 aromatic heterocycles. The summed E-state index contributed by atoms with van der Waals surface area (Å²) >= 11 is 0. The fraction of sp³-hybridized carbons (Fsp3) is 0.595. The number of anilines is 1. The molecule has 2 unspecified atom stereocenters. The molecule has 41 heteroatoms. The Kier molecular flexibility index (Phi) is 29.7. The van der Waals surface area contributed by atoms with E-state index < -0.39 is 224 Å². The minimum atomic E-state index is -5.87. The zero-order chi connectivity index (χ0) is 85.3. The van der Waals surface area contributed by atoms with Gasteiger partial charge in [0.1, 0.15) is 13.2 Å². The summed E-state index contributed by atoms with van der Waals surface area (Å²) in [6.45, 7) is -4.29. The summed E-state index contributed by atoms with van der Waals surface area (Å²) < 4.78 is 53.9. The summed E-state index contributed by atoms with van der Waals surface area (Å²) in [7, 11) is 1.19. The van der Waals surface area contributed by atoms with Gasteiger partial charge in [0.25, 0.3) is 25.5 Å². The number of allylic oxidation sites excluding steroid dienone is 5. The van der Waals surface area contributed by atoms with E-state index in [0.29, 0.717) is 19.3 Å². The van der Waals surface area contributed by atoms with Gasteiger partial charge >= 0.3 is 13.8 Å². The lowest BCUT2D eigenvalue weighted by molar-refractivity contribution is -0.221. The number of Topliss-reactive ketones (excluding diaryl/α,β-unsaturated/α-hetero) is 1. The highest BCUT2D eigenvalue weighted by Gasteiger charge is 2.76. The molecule has 630 valence electrons. The van der Waals surface area contributed by atoms with Crippen LogP contribution in [0.3, 0.4) is 0 Å². The molecule has 7 aliphatic rings. The standard InChI is InChI=1S/C74H102N12O27P2/c1-72-27-26-49(87)30-47(72)19-21-50-52-32-55-74(73(52,2)33-53(88)70(50)72,112-69(111-55)25-16-45-14-13-15-45)54(89)44-110-115(107,108)113-114(105,106)109-29-28-75-56(90)22-18-46-17-20-48(86-57(91)23-24-58(86)92)31-51(46)71(104)85(12)42-67(101)83(10)40-65(99)81(8)38-63(97)79(6)36-61(95)77(4)34-59(93)76(3)35-60(94)78(5)37-62(96)80(7)39-64(98)82(9)41-66(100)84(11)43-68(102)103/h16-17,20,23-27,30-31,45,50,52-53,55,69-70,88H,13-15,18-19,21-22,28-29,32-44H2,1-12H3,(H,75,90)(H,102,103)(H,105,106)(H,107,108)/p-1/b25-16+/t50-,52-,53-,55+,69+,70+,72-,73-,74+/m0/s1. The number of imide groups is 1. The fourth-order valence-corrected chi connectivity index (χ4v) is 17.6. The first kappa shape index (κ1) is 91.0. The molecular weight excluding hydrogens is 1550 g/mol. The minimum Gasteiger partial charge on any atom is -0.756 e. The smallest absolute Gasteiger partial charge is 0.478 e. The number of aliphatic carboxylic acids is 1. The third-order valence-corrected chi connectivity index (χ3v) is 25.1. The fourth-order valence-electron chi connectivity index (χ4n) is 15.6. The van der Waals surface area contributed by atoms with Crippen LogP contribution < -0.4 is 15.1 Å². The van der Waals surface area contributed by atoms with E-state index in [-0.39, 0.29) is 65.5 Å². The maximum atomic E-state index is 14.8. The van der Waals surface area contributed by atoms with Gasteiger partial charge in [0, 0.05) is 118 Å². The van der Waals surface area contributed by atoms with Crippen LogP contribution in [-0.4, -0.2) is 338 Å². The van der Waals surface area contributed by atoms with Crippen LogP contribution in [0, 0.1) is 34.5 Å². The Morgan fingerprint density at radius 2 is 1.11 bits per heavy atom. The molecule has 115 heavy (non-hydrogen) atoms. The Bertz CT molecular complexity index is 4260. The SMILES string of the molecule is CN(CC(=O)O)C(=O)CN(C)C(=O)CN(C)C(=O)CN(C)C(=O)CN(C)C(=O)CN(C)C(=O)CN(C)C(=O)CN(C)C(=O)CN(C)C(=O)CN(C)C(=O)c1cc(N2C(=O)C=CC2=O)ccc1CCC(=O)NCCOP(=O)(O)OP(=O)([O-])OCC(=O)[C@@]12O[C@H](/C=C/C3CCC3)O[C@@H]1C[C@H]1[C@@H]3CCC4=CC(=O)C=C[C@]4(C)[C@H]3[C@@H](O)C[C@@]12C. The van der Waals surface area contributed by atoms with Crippen LogP contribution in [0.4, 0.5) is 5.69 Å². The van der Waals surface area contributed by atoms with Crippen molar-refractivity contribution in [1.82, 2.24) is 54.3 Å². The number of aliphatic hydroxyl groups excluding tert-OH is 1. The van der Waals surface area contributed by atoms with E-state index in [4.69, 9.17) is 23.6 Å². The third kappa shape index (κ3) is 21.8. The van der Waals surface area contributed by atoms with E-state index in [1.165, 1.54) is 94.8 Å². The molecule has 1 saturated heterocycles. The topological polar surface area (TPSA) is 485 Å². The summed E-state index contributed by atoms with van der Waals surface area (Å²) in [4.78, 5) is 243. The second-order valence-electron chi connectivity index (χ2n) is 30.7. The van der Waals surface area contributed by atoms with E-state index in [0.717, 1.165) is 90.9 Å². The number of carboxylic acid groups (broad SMARTS) is 1. The van der Waals surface area contributed by atoms with Crippen LogP contribution in [0.25, 0.3) is 0 Å². The molecule has 5 aliphatic carbocycles. The molecule has 4 N–H and O–H groups in total. The van der Waals surface area contributed by atoms with Crippen molar-refractivity contribution in [3.05, 3.63) is 77.4 Å². The highest BCUT2D eigenvalue weighted by Crippen LogP contribution is 2.70. The van der Waals surface area contributed by atoms with Gasteiger partial charge in [-0.05, 0) is 98.6 Å². The number of ether oxygens (including phenoxy) is 2. The molecule has 0 radical (unpaired) electrons. The van der Waals surface area contributed by atoms with E-state index in [1.807, 2.05) is 26.0 Å². The highest BCUT2D eigenvalue weighted by molar-refractivity contribution is 7.60. The first-order valence-electron chi connectivity index (χ1n) is 37.1. The van der Waals surface area contributed by atoms with Crippen molar-refractivity contribution in [3.63, 3.8) is 0 Å². The molecule has 11 atom stereocenters. The number of benzene rings is 1. The maximum Gasteiger partial charge on any atom is 0.478 e. The number of hydrogen-bond donors (Lipinski definition) is 4. The number of aliphatic hydroxyl groups is 1. The summed E-state index contributed by atoms with van der Waals surface area (Å²) in [5, 5.41) is 23.5. The van der Waals surface area contributed by atoms with Gasteiger partial charge in [-0.1, -0.05) is 44.1 Å². The molecule has 13 amide bonds. The van der Waals surface area contributed by atoms with Crippen molar-refractivity contribution in [2.45, 2.75) is 95.7 Å². The molecule has 39 nitrogen and oxygen atoms in total. The lowest BCUT2D eigenvalue weighted by Gasteiger charge is -2.59. The van der Waals surface area contributed by atoms with Gasteiger partial charge in [-0.15, -0.1) is 0 Å². The van der Waals surface area contributed by atoms with E-state index in [2.05, 4.69) is 9.63 Å². The Morgan fingerprint density at radius 1 is 0.643 bits per heavy atom. The first-order valence-corrected chi connectivity index (χ1v) is 40.1. The van der Waals surface area contributed by atoms with E-state index in [1.54, 1.807) is 12.2 Å². The quantitative estimate of drug-likeness (QED) is 0.0251. The van der Waals surface area contributed by atoms with Crippen molar-refractivity contribution in [1.29, 1.82) is 0 Å². The van der Waals surface area contributed by atoms with Crippen LogP contribution in [0.2, 0.25) is 0 Å². The van der Waals surface area contributed by atoms with Crippen molar-refractivity contribution in [2.75, 3.05) is 161 Å². The monoisotopic (exact) mass is 1650 g/mol. The Hall–Kier alpha value is -9.56. The summed E-state index contributed by atoms with van der Waals surface area (Å²) in [6, 6.07) is 3.90. The second kappa shape index (κ2) is 37.6. The Morgan fingerprint density at radius 3 is 1.57 bits per heavy atom. The normalized spacial score (nSPS) is 24.1. The number of aryl methyl sites for hydroxylation is 1. The van der Waals surface area contributed by atoms with Crippen molar-refractivity contribution in [3.8, 4) is 0 Å². The maximum absolute atomic E-state index is 14.8. The molecule has 0 bridgehead atoms. The molecule has 4 saturated carbocycles. The Balaban J connectivity index is 0.772. The summed E-state index contributed by atoms with van der Waals surface area (Å²) in [5.74, 6) is -12.2. The van der Waals surface area contributed by atoms with Gasteiger partial charge in [0.15, 0.2) is 23.5 Å². The van der Waals surface area contributed by atoms with Gasteiger partial charge in [-0.2, -0.15) is 0 Å². The molecule has 1 aromatic rings. The Labute approximate surface area is 664 Å². The number of hydrogen-bond acceptors (Lipinski definition) is 25. The van der Waals surface area contributed by atoms with Crippen molar-refractivity contribution in [2.24, 2.45) is 34.5 Å². The predicted molar refractivity (Wildman–Crippen MR) is 401 cm³/mol. The highest BCUT2D eigenvalue weighted by atomic mass is 31.3. The second-order valence-corrected chi connectivity index (χ2v) is 33.7. The van der Waals surface area contributed by atoms with Crippen LogP contribution >= 0.6 is 15.6 Å². The van der Waals surface area contributed by atoms with Crippen LogP contribution in [0.1, 0.15) is 81.1 Å². The van der Waals surface area contributed by atoms with Gasteiger partial charge in [0.2, 0.25) is 59.1 Å². The van der Waals surface area contributed by atoms with Gasteiger partial charge in [-0.25, -0.2) is 13.8 Å². The zero-order valence-electron chi connectivity index (χ0n) is 66.3. The number of carbonyl (C=O) groups excluding carboxylic acids is 15. The lowest BCUT2D eigenvalue weighted by atomic mass is 9.46. The number of nitrogens with one attached hydrogen (secondary N) is 1.